The second-order valence-corrected chi connectivity index (χ2v) is 1.71. The van der Waals surface area contributed by atoms with Crippen LogP contribution in [0.15, 0.2) is 0 Å². The van der Waals surface area contributed by atoms with Crippen molar-refractivity contribution in [3.8, 4) is 0 Å². The van der Waals surface area contributed by atoms with Crippen LogP contribution >= 0.6 is 0 Å². The van der Waals surface area contributed by atoms with E-state index in [9.17, 15) is 0 Å². The molecule has 0 aromatic heterocycles. The SMILES string of the molecule is CCCCCC.[Cl-]. The van der Waals surface area contributed by atoms with Gasteiger partial charge in [0, 0.05) is 0 Å². The molecule has 1 heteroatoms. The van der Waals surface area contributed by atoms with E-state index < -0.39 is 0 Å². The predicted octanol–water partition coefficient (Wildman–Crippen LogP) is -0.409. The maximum atomic E-state index is 2.23. The van der Waals surface area contributed by atoms with E-state index in [-0.39, 0.29) is 12.4 Å². The molecule has 0 saturated carbocycles. The van der Waals surface area contributed by atoms with Crippen LogP contribution in [-0.4, -0.2) is 0 Å². The molecule has 0 rings (SSSR count). The first-order chi connectivity index (χ1) is 2.91. The molecule has 0 aromatic rings. The highest BCUT2D eigenvalue weighted by Crippen LogP contribution is 1.95. The molecule has 0 aliphatic rings. The normalized spacial score (nSPS) is 7.71. The van der Waals surface area contributed by atoms with Crippen LogP contribution < -0.4 is 12.4 Å². The molecule has 46 valence electrons. The Morgan fingerprint density at radius 3 is 1.29 bits per heavy atom. The summed E-state index contributed by atoms with van der Waals surface area (Å²) in [5.74, 6) is 0. The van der Waals surface area contributed by atoms with E-state index in [2.05, 4.69) is 13.8 Å². The summed E-state index contributed by atoms with van der Waals surface area (Å²) in [5, 5.41) is 0. The molecule has 0 aliphatic carbocycles. The van der Waals surface area contributed by atoms with Crippen LogP contribution in [0.25, 0.3) is 0 Å². The van der Waals surface area contributed by atoms with E-state index >= 15 is 0 Å². The molecule has 0 nitrogen and oxygen atoms in total. The third-order valence-electron chi connectivity index (χ3n) is 0.957. The fourth-order valence-corrected chi connectivity index (χ4v) is 0.500. The summed E-state index contributed by atoms with van der Waals surface area (Å²) in [6, 6.07) is 0. The first kappa shape index (κ1) is 10.3. The van der Waals surface area contributed by atoms with E-state index in [1.807, 2.05) is 0 Å². The molecule has 0 spiro atoms. The fraction of sp³-hybridized carbons (Fsp3) is 1.00. The van der Waals surface area contributed by atoms with Crippen molar-refractivity contribution >= 4 is 0 Å². The number of hydrogen-bond donors (Lipinski definition) is 0. The molecule has 0 heterocycles. The van der Waals surface area contributed by atoms with Gasteiger partial charge in [-0.1, -0.05) is 39.5 Å². The minimum atomic E-state index is 0. The van der Waals surface area contributed by atoms with E-state index in [4.69, 9.17) is 0 Å². The quantitative estimate of drug-likeness (QED) is 0.446. The van der Waals surface area contributed by atoms with Crippen molar-refractivity contribution in [3.63, 3.8) is 0 Å². The summed E-state index contributed by atoms with van der Waals surface area (Å²) in [4.78, 5) is 0. The van der Waals surface area contributed by atoms with Crippen LogP contribution in [0.4, 0.5) is 0 Å². The Morgan fingerprint density at radius 2 is 1.14 bits per heavy atom. The van der Waals surface area contributed by atoms with Gasteiger partial charge in [0.15, 0.2) is 0 Å². The molecular formula is C6H14Cl-. The molecular weight excluding hydrogens is 108 g/mol. The van der Waals surface area contributed by atoms with Crippen molar-refractivity contribution in [2.75, 3.05) is 0 Å². The highest BCUT2D eigenvalue weighted by molar-refractivity contribution is 4.31. The zero-order valence-corrected chi connectivity index (χ0v) is 5.96. The average Bonchev–Trinajstić information content (AvgIpc) is 1.61. The summed E-state index contributed by atoms with van der Waals surface area (Å²) >= 11 is 0. The van der Waals surface area contributed by atoms with Gasteiger partial charge in [0.25, 0.3) is 0 Å². The standard InChI is InChI=1S/C6H14.ClH/c1-3-5-6-4-2;/h3-6H2,1-2H3;1H/p-1. The van der Waals surface area contributed by atoms with E-state index in [1.165, 1.54) is 25.7 Å². The Hall–Kier alpha value is 0.290. The van der Waals surface area contributed by atoms with Crippen molar-refractivity contribution < 1.29 is 12.4 Å². The third-order valence-corrected chi connectivity index (χ3v) is 0.957. The van der Waals surface area contributed by atoms with Gasteiger partial charge in [-0.15, -0.1) is 0 Å². The monoisotopic (exact) mass is 121 g/mol. The lowest BCUT2D eigenvalue weighted by Crippen LogP contribution is -3.00. The van der Waals surface area contributed by atoms with E-state index in [0.29, 0.717) is 0 Å². The van der Waals surface area contributed by atoms with Gasteiger partial charge < -0.3 is 12.4 Å². The maximum absolute atomic E-state index is 2.23. The van der Waals surface area contributed by atoms with Crippen molar-refractivity contribution in [3.05, 3.63) is 0 Å². The molecule has 0 saturated heterocycles. The lowest BCUT2D eigenvalue weighted by atomic mass is 10.2. The van der Waals surface area contributed by atoms with Crippen LogP contribution in [0.2, 0.25) is 0 Å². The summed E-state index contributed by atoms with van der Waals surface area (Å²) in [6.45, 7) is 4.46. The summed E-state index contributed by atoms with van der Waals surface area (Å²) in [6.07, 6.45) is 5.54. The average molecular weight is 122 g/mol. The van der Waals surface area contributed by atoms with Crippen LogP contribution in [0.5, 0.6) is 0 Å². The molecule has 0 unspecified atom stereocenters. The lowest BCUT2D eigenvalue weighted by Gasteiger charge is -1.86. The zero-order chi connectivity index (χ0) is 4.83. The molecule has 0 amide bonds. The highest BCUT2D eigenvalue weighted by atomic mass is 35.5. The van der Waals surface area contributed by atoms with Crippen molar-refractivity contribution in [2.45, 2.75) is 39.5 Å². The van der Waals surface area contributed by atoms with Gasteiger partial charge in [-0.3, -0.25) is 0 Å². The molecule has 0 aliphatic heterocycles. The number of rotatable bonds is 3. The van der Waals surface area contributed by atoms with Gasteiger partial charge in [-0.25, -0.2) is 0 Å². The Bertz CT molecular complexity index is 16.1. The number of halogens is 1. The largest absolute Gasteiger partial charge is 1.00 e. The molecule has 0 N–H and O–H groups in total. The fourth-order valence-electron chi connectivity index (χ4n) is 0.500. The molecule has 0 aromatic carbocycles. The number of unbranched alkanes of at least 4 members (excludes halogenated alkanes) is 3. The van der Waals surface area contributed by atoms with Crippen molar-refractivity contribution in [2.24, 2.45) is 0 Å². The van der Waals surface area contributed by atoms with Crippen LogP contribution in [0, 0.1) is 0 Å². The lowest BCUT2D eigenvalue weighted by molar-refractivity contribution is -0.00000148. The molecule has 0 fully saturated rings. The Balaban J connectivity index is 0. The van der Waals surface area contributed by atoms with Crippen LogP contribution in [0.3, 0.4) is 0 Å². The molecule has 7 heavy (non-hydrogen) atoms. The van der Waals surface area contributed by atoms with Gasteiger partial charge in [0.1, 0.15) is 0 Å². The third kappa shape index (κ3) is 10.7. The second kappa shape index (κ2) is 9.56. The molecule has 0 bridgehead atoms. The van der Waals surface area contributed by atoms with Gasteiger partial charge in [0.2, 0.25) is 0 Å². The van der Waals surface area contributed by atoms with Crippen molar-refractivity contribution in [1.82, 2.24) is 0 Å². The van der Waals surface area contributed by atoms with Gasteiger partial charge >= 0.3 is 0 Å². The molecule has 0 radical (unpaired) electrons. The minimum absolute atomic E-state index is 0. The summed E-state index contributed by atoms with van der Waals surface area (Å²) in [7, 11) is 0. The minimum Gasteiger partial charge on any atom is -1.00 e. The van der Waals surface area contributed by atoms with E-state index in [0.717, 1.165) is 0 Å². The first-order valence-corrected chi connectivity index (χ1v) is 2.91. The Kier molecular flexibility index (Phi) is 14.1. The Morgan fingerprint density at radius 1 is 0.857 bits per heavy atom. The van der Waals surface area contributed by atoms with Crippen LogP contribution in [-0.2, 0) is 0 Å². The summed E-state index contributed by atoms with van der Waals surface area (Å²) < 4.78 is 0. The smallest absolute Gasteiger partial charge is 0.0536 e. The van der Waals surface area contributed by atoms with Gasteiger partial charge in [-0.05, 0) is 0 Å². The first-order valence-electron chi connectivity index (χ1n) is 2.91. The maximum Gasteiger partial charge on any atom is -0.0536 e. The zero-order valence-electron chi connectivity index (χ0n) is 5.21. The van der Waals surface area contributed by atoms with E-state index in [1.54, 1.807) is 0 Å². The highest BCUT2D eigenvalue weighted by Gasteiger charge is 1.75. The van der Waals surface area contributed by atoms with Crippen molar-refractivity contribution in [1.29, 1.82) is 0 Å². The second-order valence-electron chi connectivity index (χ2n) is 1.71. The topological polar surface area (TPSA) is 0 Å². The Labute approximate surface area is 52.7 Å². The molecule has 0 atom stereocenters. The summed E-state index contributed by atoms with van der Waals surface area (Å²) in [5.41, 5.74) is 0. The number of hydrogen-bond acceptors (Lipinski definition) is 0. The predicted molar refractivity (Wildman–Crippen MR) is 29.8 cm³/mol. The van der Waals surface area contributed by atoms with Gasteiger partial charge in [0.05, 0.1) is 0 Å². The van der Waals surface area contributed by atoms with Crippen LogP contribution in [0.1, 0.15) is 39.5 Å². The van der Waals surface area contributed by atoms with Gasteiger partial charge in [-0.2, -0.15) is 0 Å².